The minimum Gasteiger partial charge on any atom is -0.475 e. The van der Waals surface area contributed by atoms with E-state index in [4.69, 9.17) is 14.6 Å². The van der Waals surface area contributed by atoms with Crippen LogP contribution in [-0.4, -0.2) is 48.8 Å². The van der Waals surface area contributed by atoms with Gasteiger partial charge in [-0.05, 0) is 6.92 Å². The van der Waals surface area contributed by atoms with E-state index in [1.807, 2.05) is 6.92 Å². The molecule has 1 rings (SSSR count). The first kappa shape index (κ1) is 15.9. The molecule has 100 valence electrons. The number of ether oxygens (including phenoxy) is 1. The number of Topliss-reactive ketones (excluding diaryl/α,β-unsaturated/α-hetero) is 1. The number of carbonyl (C=O) groups is 2. The molecule has 1 fully saturated rings. The van der Waals surface area contributed by atoms with E-state index in [-0.39, 0.29) is 11.9 Å². The van der Waals surface area contributed by atoms with E-state index in [0.29, 0.717) is 19.6 Å². The van der Waals surface area contributed by atoms with Crippen LogP contribution in [0.4, 0.5) is 13.2 Å². The highest BCUT2D eigenvalue weighted by atomic mass is 19.4. The number of rotatable bonds is 2. The molecule has 1 saturated heterocycles. The monoisotopic (exact) mass is 257 g/mol. The number of piperidine rings is 1. The molecule has 17 heavy (non-hydrogen) atoms. The van der Waals surface area contributed by atoms with E-state index in [0.717, 1.165) is 6.54 Å². The first-order valence-corrected chi connectivity index (χ1v) is 4.94. The Morgan fingerprint density at radius 3 is 2.47 bits per heavy atom. The van der Waals surface area contributed by atoms with Gasteiger partial charge in [0.1, 0.15) is 6.10 Å². The molecule has 2 N–H and O–H groups in total. The average Bonchev–Trinajstić information content (AvgIpc) is 2.21. The highest BCUT2D eigenvalue weighted by Gasteiger charge is 2.38. The van der Waals surface area contributed by atoms with Crippen molar-refractivity contribution in [3.8, 4) is 0 Å². The van der Waals surface area contributed by atoms with E-state index in [1.165, 1.54) is 0 Å². The number of ketones is 1. The molecule has 0 aromatic rings. The standard InChI is InChI=1S/C7H13NO2.C2HF3O2/c1-2-10-7-5-8-4-3-6(7)9;3-2(4,5)1(6)7/h7-8H,2-5H2,1H3;(H,6,7). The van der Waals surface area contributed by atoms with Gasteiger partial charge in [-0.15, -0.1) is 0 Å². The van der Waals surface area contributed by atoms with Crippen molar-refractivity contribution in [2.75, 3.05) is 19.7 Å². The number of carbonyl (C=O) groups excluding carboxylic acids is 1. The molecule has 0 aromatic heterocycles. The predicted molar refractivity (Wildman–Crippen MR) is 51.6 cm³/mol. The van der Waals surface area contributed by atoms with Crippen molar-refractivity contribution >= 4 is 11.8 Å². The average molecular weight is 257 g/mol. The lowest BCUT2D eigenvalue weighted by atomic mass is 10.1. The Morgan fingerprint density at radius 1 is 1.59 bits per heavy atom. The van der Waals surface area contributed by atoms with Crippen LogP contribution in [-0.2, 0) is 14.3 Å². The van der Waals surface area contributed by atoms with Crippen LogP contribution >= 0.6 is 0 Å². The van der Waals surface area contributed by atoms with Gasteiger partial charge in [0.2, 0.25) is 0 Å². The number of hydrogen-bond acceptors (Lipinski definition) is 4. The van der Waals surface area contributed by atoms with Crippen LogP contribution < -0.4 is 5.32 Å². The smallest absolute Gasteiger partial charge is 0.475 e. The van der Waals surface area contributed by atoms with Crippen LogP contribution in [0.15, 0.2) is 0 Å². The summed E-state index contributed by atoms with van der Waals surface area (Å²) < 4.78 is 36.9. The molecule has 0 amide bonds. The van der Waals surface area contributed by atoms with Crippen molar-refractivity contribution in [2.45, 2.75) is 25.6 Å². The zero-order valence-electron chi connectivity index (χ0n) is 9.21. The third-order valence-electron chi connectivity index (χ3n) is 1.85. The molecule has 1 atom stereocenters. The van der Waals surface area contributed by atoms with Crippen LogP contribution in [0, 0.1) is 0 Å². The van der Waals surface area contributed by atoms with Crippen molar-refractivity contribution < 1.29 is 32.6 Å². The van der Waals surface area contributed by atoms with Crippen molar-refractivity contribution in [2.24, 2.45) is 0 Å². The first-order valence-electron chi connectivity index (χ1n) is 4.94. The van der Waals surface area contributed by atoms with Crippen LogP contribution in [0.3, 0.4) is 0 Å². The molecule has 1 unspecified atom stereocenters. The van der Waals surface area contributed by atoms with Gasteiger partial charge in [-0.2, -0.15) is 13.2 Å². The molecular weight excluding hydrogens is 243 g/mol. The third kappa shape index (κ3) is 6.90. The Bertz CT molecular complexity index is 265. The summed E-state index contributed by atoms with van der Waals surface area (Å²) in [5.74, 6) is -2.52. The van der Waals surface area contributed by atoms with Crippen molar-refractivity contribution in [3.05, 3.63) is 0 Å². The van der Waals surface area contributed by atoms with Gasteiger partial charge >= 0.3 is 12.1 Å². The van der Waals surface area contributed by atoms with Gasteiger partial charge < -0.3 is 15.2 Å². The van der Waals surface area contributed by atoms with Gasteiger partial charge in [-0.3, -0.25) is 4.79 Å². The Balaban J connectivity index is 0.000000325. The molecule has 5 nitrogen and oxygen atoms in total. The molecule has 0 aromatic carbocycles. The number of halogens is 3. The number of hydrogen-bond donors (Lipinski definition) is 2. The third-order valence-corrected chi connectivity index (χ3v) is 1.85. The summed E-state index contributed by atoms with van der Waals surface area (Å²) in [6.07, 6.45) is -4.65. The minimum absolute atomic E-state index is 0.182. The number of aliphatic carboxylic acids is 1. The normalized spacial score (nSPS) is 20.5. The molecule has 0 bridgehead atoms. The first-order chi connectivity index (χ1) is 7.79. The molecular formula is C9H14F3NO4. The van der Waals surface area contributed by atoms with Crippen LogP contribution in [0.1, 0.15) is 13.3 Å². The molecule has 0 saturated carbocycles. The second-order valence-corrected chi connectivity index (χ2v) is 3.17. The van der Waals surface area contributed by atoms with Gasteiger partial charge in [0, 0.05) is 26.1 Å². The topological polar surface area (TPSA) is 75.6 Å². The fourth-order valence-corrected chi connectivity index (χ4v) is 1.07. The van der Waals surface area contributed by atoms with Crippen LogP contribution in [0.2, 0.25) is 0 Å². The molecule has 1 heterocycles. The second-order valence-electron chi connectivity index (χ2n) is 3.17. The lowest BCUT2D eigenvalue weighted by Crippen LogP contribution is -2.42. The van der Waals surface area contributed by atoms with E-state index >= 15 is 0 Å². The summed E-state index contributed by atoms with van der Waals surface area (Å²) in [7, 11) is 0. The van der Waals surface area contributed by atoms with Crippen molar-refractivity contribution in [3.63, 3.8) is 0 Å². The minimum atomic E-state index is -5.08. The maximum Gasteiger partial charge on any atom is 0.490 e. The molecule has 1 aliphatic heterocycles. The zero-order chi connectivity index (χ0) is 13.5. The van der Waals surface area contributed by atoms with Crippen molar-refractivity contribution in [1.29, 1.82) is 0 Å². The van der Waals surface area contributed by atoms with Gasteiger partial charge in [0.05, 0.1) is 0 Å². The number of nitrogens with one attached hydrogen (secondary N) is 1. The molecule has 0 aliphatic carbocycles. The summed E-state index contributed by atoms with van der Waals surface area (Å²) in [5.41, 5.74) is 0. The van der Waals surface area contributed by atoms with Crippen LogP contribution in [0.5, 0.6) is 0 Å². The van der Waals surface area contributed by atoms with E-state index < -0.39 is 12.1 Å². The fraction of sp³-hybridized carbons (Fsp3) is 0.778. The molecule has 0 spiro atoms. The van der Waals surface area contributed by atoms with Gasteiger partial charge in [-0.1, -0.05) is 0 Å². The second kappa shape index (κ2) is 7.23. The Morgan fingerprint density at radius 2 is 2.12 bits per heavy atom. The van der Waals surface area contributed by atoms with E-state index in [2.05, 4.69) is 5.32 Å². The number of carboxylic acid groups (broad SMARTS) is 1. The Hall–Kier alpha value is -1.15. The Labute approximate surface area is 95.9 Å². The fourth-order valence-electron chi connectivity index (χ4n) is 1.07. The maximum absolute atomic E-state index is 11.0. The maximum atomic E-state index is 11.0. The summed E-state index contributed by atoms with van der Waals surface area (Å²) in [5, 5.41) is 10.2. The zero-order valence-corrected chi connectivity index (χ0v) is 9.21. The lowest BCUT2D eigenvalue weighted by Gasteiger charge is -2.20. The molecule has 0 radical (unpaired) electrons. The van der Waals surface area contributed by atoms with E-state index in [9.17, 15) is 18.0 Å². The van der Waals surface area contributed by atoms with E-state index in [1.54, 1.807) is 0 Å². The summed E-state index contributed by atoms with van der Waals surface area (Å²) in [4.78, 5) is 19.9. The van der Waals surface area contributed by atoms with Gasteiger partial charge in [0.25, 0.3) is 0 Å². The summed E-state index contributed by atoms with van der Waals surface area (Å²) in [6, 6.07) is 0. The largest absolute Gasteiger partial charge is 0.490 e. The quantitative estimate of drug-likeness (QED) is 0.757. The predicted octanol–water partition coefficient (Wildman–Crippen LogP) is 0.587. The summed E-state index contributed by atoms with van der Waals surface area (Å²) >= 11 is 0. The van der Waals surface area contributed by atoms with Gasteiger partial charge in [0.15, 0.2) is 5.78 Å². The van der Waals surface area contributed by atoms with Gasteiger partial charge in [-0.25, -0.2) is 4.79 Å². The highest BCUT2D eigenvalue weighted by molar-refractivity contribution is 5.84. The highest BCUT2D eigenvalue weighted by Crippen LogP contribution is 2.13. The molecule has 1 aliphatic rings. The summed E-state index contributed by atoms with van der Waals surface area (Å²) in [6.45, 7) is 4.02. The number of carboxylic acids is 1. The SMILES string of the molecule is CCOC1CNCCC1=O.O=C(O)C(F)(F)F. The Kier molecular flexibility index (Phi) is 6.74. The lowest BCUT2D eigenvalue weighted by molar-refractivity contribution is -0.192. The number of alkyl halides is 3. The van der Waals surface area contributed by atoms with Crippen molar-refractivity contribution in [1.82, 2.24) is 5.32 Å². The van der Waals surface area contributed by atoms with Crippen LogP contribution in [0.25, 0.3) is 0 Å². The molecule has 8 heteroatoms.